The molecule has 6 heteroatoms. The summed E-state index contributed by atoms with van der Waals surface area (Å²) in [7, 11) is 0. The Hall–Kier alpha value is -0.910. The zero-order chi connectivity index (χ0) is 15.4. The zero-order valence-corrected chi connectivity index (χ0v) is 14.7. The summed E-state index contributed by atoms with van der Waals surface area (Å²) in [5.74, 6) is -0.305. The van der Waals surface area contributed by atoms with Crippen LogP contribution in [0.1, 0.15) is 24.8 Å². The van der Waals surface area contributed by atoms with Gasteiger partial charge in [0.2, 0.25) is 5.91 Å². The summed E-state index contributed by atoms with van der Waals surface area (Å²) in [5.41, 5.74) is 6.38. The second-order valence-electron chi connectivity index (χ2n) is 5.51. The predicted molar refractivity (Wildman–Crippen MR) is 92.3 cm³/mol. The summed E-state index contributed by atoms with van der Waals surface area (Å²) in [6.07, 6.45) is 4.08. The third kappa shape index (κ3) is 4.80. The quantitative estimate of drug-likeness (QED) is 0.779. The molecule has 1 fully saturated rings. The van der Waals surface area contributed by atoms with E-state index in [0.29, 0.717) is 18.5 Å². The van der Waals surface area contributed by atoms with Crippen molar-refractivity contribution in [2.45, 2.75) is 31.8 Å². The van der Waals surface area contributed by atoms with Gasteiger partial charge >= 0.3 is 0 Å². The molecule has 1 aliphatic rings. The number of carbonyl (C=O) groups excluding carboxylic acids is 1. The number of nitrogens with two attached hydrogens (primary N) is 1. The molecule has 1 amide bonds. The average Bonchev–Trinajstić information content (AvgIpc) is 2.88. The molecule has 2 N–H and O–H groups in total. The Bertz CT molecular complexity index is 541. The van der Waals surface area contributed by atoms with Gasteiger partial charge in [0.15, 0.2) is 0 Å². The number of carbonyl (C=O) groups is 1. The zero-order valence-electron chi connectivity index (χ0n) is 12.3. The maximum atomic E-state index is 13.9. The first-order chi connectivity index (χ1) is 10.0. The number of rotatable bonds is 5. The highest BCUT2D eigenvalue weighted by atomic mass is 79.9. The highest BCUT2D eigenvalue weighted by Gasteiger charge is 2.30. The fourth-order valence-corrected chi connectivity index (χ4v) is 3.17. The molecule has 0 saturated heterocycles. The van der Waals surface area contributed by atoms with E-state index in [4.69, 9.17) is 5.73 Å². The fourth-order valence-electron chi connectivity index (χ4n) is 2.76. The van der Waals surface area contributed by atoms with E-state index in [1.54, 1.807) is 23.1 Å². The summed E-state index contributed by atoms with van der Waals surface area (Å²) in [5, 5.41) is 0. The number of benzene rings is 1. The van der Waals surface area contributed by atoms with Gasteiger partial charge in [0, 0.05) is 35.1 Å². The van der Waals surface area contributed by atoms with Gasteiger partial charge in [0.25, 0.3) is 0 Å². The van der Waals surface area contributed by atoms with Crippen molar-refractivity contribution in [3.63, 3.8) is 0 Å². The van der Waals surface area contributed by atoms with Crippen molar-refractivity contribution in [1.82, 2.24) is 4.90 Å². The largest absolute Gasteiger partial charge is 0.334 e. The molecule has 0 aliphatic heterocycles. The van der Waals surface area contributed by atoms with Gasteiger partial charge < -0.3 is 10.6 Å². The Kier molecular flexibility index (Phi) is 7.53. The summed E-state index contributed by atoms with van der Waals surface area (Å²) in [4.78, 5) is 14.2. The first kappa shape index (κ1) is 19.1. The number of halogens is 3. The van der Waals surface area contributed by atoms with Crippen LogP contribution in [0.25, 0.3) is 0 Å². The number of amides is 1. The molecular weight excluding hydrogens is 371 g/mol. The van der Waals surface area contributed by atoms with Crippen LogP contribution in [0.3, 0.4) is 0 Å². The third-order valence-corrected chi connectivity index (χ3v) is 4.35. The van der Waals surface area contributed by atoms with E-state index in [-0.39, 0.29) is 42.6 Å². The van der Waals surface area contributed by atoms with Crippen LogP contribution in [0.4, 0.5) is 4.39 Å². The van der Waals surface area contributed by atoms with Gasteiger partial charge in [0.1, 0.15) is 5.82 Å². The Balaban J connectivity index is 0.00000242. The first-order valence-corrected chi connectivity index (χ1v) is 7.89. The number of hydrogen-bond acceptors (Lipinski definition) is 2. The lowest BCUT2D eigenvalue weighted by molar-refractivity contribution is -0.135. The SMILES string of the molecule is C=CCN(Cc1cc(Br)ccc1F)C(=O)C1CCC(N)C1.Cl. The molecule has 1 aliphatic carbocycles. The summed E-state index contributed by atoms with van der Waals surface area (Å²) >= 11 is 3.33. The van der Waals surface area contributed by atoms with E-state index in [1.165, 1.54) is 6.07 Å². The van der Waals surface area contributed by atoms with Crippen LogP contribution in [0.5, 0.6) is 0 Å². The molecule has 2 rings (SSSR count). The van der Waals surface area contributed by atoms with Crippen molar-refractivity contribution in [1.29, 1.82) is 0 Å². The van der Waals surface area contributed by atoms with E-state index in [1.807, 2.05) is 0 Å². The maximum absolute atomic E-state index is 13.9. The van der Waals surface area contributed by atoms with Gasteiger partial charge in [-0.1, -0.05) is 22.0 Å². The number of nitrogens with zero attached hydrogens (tertiary/aromatic N) is 1. The van der Waals surface area contributed by atoms with Crippen molar-refractivity contribution in [2.24, 2.45) is 11.7 Å². The third-order valence-electron chi connectivity index (χ3n) is 3.85. The van der Waals surface area contributed by atoms with Crippen LogP contribution in [0, 0.1) is 11.7 Å². The van der Waals surface area contributed by atoms with Crippen molar-refractivity contribution in [3.8, 4) is 0 Å². The number of hydrogen-bond donors (Lipinski definition) is 1. The van der Waals surface area contributed by atoms with Crippen LogP contribution in [-0.2, 0) is 11.3 Å². The Morgan fingerprint density at radius 2 is 2.23 bits per heavy atom. The molecule has 1 aromatic rings. The van der Waals surface area contributed by atoms with Crippen LogP contribution < -0.4 is 5.73 Å². The fraction of sp³-hybridized carbons (Fsp3) is 0.438. The molecule has 0 spiro atoms. The van der Waals surface area contributed by atoms with Crippen molar-refractivity contribution < 1.29 is 9.18 Å². The van der Waals surface area contributed by atoms with E-state index in [9.17, 15) is 9.18 Å². The van der Waals surface area contributed by atoms with Gasteiger partial charge in [-0.05, 0) is 37.5 Å². The van der Waals surface area contributed by atoms with Crippen LogP contribution >= 0.6 is 28.3 Å². The molecule has 0 heterocycles. The second-order valence-corrected chi connectivity index (χ2v) is 6.43. The van der Waals surface area contributed by atoms with Gasteiger partial charge in [-0.25, -0.2) is 4.39 Å². The minimum atomic E-state index is -0.303. The Morgan fingerprint density at radius 3 is 2.82 bits per heavy atom. The lowest BCUT2D eigenvalue weighted by Crippen LogP contribution is -2.35. The maximum Gasteiger partial charge on any atom is 0.226 e. The van der Waals surface area contributed by atoms with Gasteiger partial charge in [0.05, 0.1) is 0 Å². The monoisotopic (exact) mass is 390 g/mol. The standard InChI is InChI=1S/C16H20BrFN2O.ClH/c1-2-7-20(16(21)11-3-5-14(19)9-11)10-12-8-13(17)4-6-15(12)18;/h2,4,6,8,11,14H,1,3,5,7,9-10,19H2;1H. The van der Waals surface area contributed by atoms with Crippen LogP contribution in [-0.4, -0.2) is 23.4 Å². The van der Waals surface area contributed by atoms with Crippen LogP contribution in [0.15, 0.2) is 35.3 Å². The van der Waals surface area contributed by atoms with Gasteiger partial charge in [-0.15, -0.1) is 19.0 Å². The van der Waals surface area contributed by atoms with E-state index in [0.717, 1.165) is 17.3 Å². The Labute approximate surface area is 145 Å². The topological polar surface area (TPSA) is 46.3 Å². The molecular formula is C16H21BrClFN2O. The molecule has 2 atom stereocenters. The van der Waals surface area contributed by atoms with E-state index in [2.05, 4.69) is 22.5 Å². The smallest absolute Gasteiger partial charge is 0.226 e. The average molecular weight is 392 g/mol. The molecule has 0 bridgehead atoms. The molecule has 122 valence electrons. The van der Waals surface area contributed by atoms with Crippen molar-refractivity contribution in [3.05, 3.63) is 46.7 Å². The summed E-state index contributed by atoms with van der Waals surface area (Å²) in [6, 6.07) is 4.86. The highest BCUT2D eigenvalue weighted by Crippen LogP contribution is 2.27. The normalized spacial score (nSPS) is 20.3. The molecule has 2 unspecified atom stereocenters. The van der Waals surface area contributed by atoms with E-state index >= 15 is 0 Å². The molecule has 0 radical (unpaired) electrons. The lowest BCUT2D eigenvalue weighted by Gasteiger charge is -2.25. The summed E-state index contributed by atoms with van der Waals surface area (Å²) in [6.45, 7) is 4.35. The molecule has 1 aromatic carbocycles. The minimum absolute atomic E-state index is 0. The highest BCUT2D eigenvalue weighted by molar-refractivity contribution is 9.10. The predicted octanol–water partition coefficient (Wildman–Crippen LogP) is 3.65. The summed E-state index contributed by atoms with van der Waals surface area (Å²) < 4.78 is 14.7. The molecule has 0 aromatic heterocycles. The van der Waals surface area contributed by atoms with Crippen molar-refractivity contribution >= 4 is 34.2 Å². The second kappa shape index (κ2) is 8.65. The molecule has 22 heavy (non-hydrogen) atoms. The van der Waals surface area contributed by atoms with Crippen LogP contribution in [0.2, 0.25) is 0 Å². The first-order valence-electron chi connectivity index (χ1n) is 7.10. The van der Waals surface area contributed by atoms with E-state index < -0.39 is 0 Å². The lowest BCUT2D eigenvalue weighted by atomic mass is 10.1. The van der Waals surface area contributed by atoms with Crippen molar-refractivity contribution in [2.75, 3.05) is 6.54 Å². The van der Waals surface area contributed by atoms with Gasteiger partial charge in [-0.2, -0.15) is 0 Å². The Morgan fingerprint density at radius 1 is 1.50 bits per heavy atom. The molecule has 3 nitrogen and oxygen atoms in total. The minimum Gasteiger partial charge on any atom is -0.334 e. The molecule has 1 saturated carbocycles. The van der Waals surface area contributed by atoms with Gasteiger partial charge in [-0.3, -0.25) is 4.79 Å².